The fourth-order valence-electron chi connectivity index (χ4n) is 1.61. The summed E-state index contributed by atoms with van der Waals surface area (Å²) < 4.78 is 14.9. The van der Waals surface area contributed by atoms with Crippen LogP contribution < -0.4 is 0 Å². The van der Waals surface area contributed by atoms with Gasteiger partial charge in [-0.05, 0) is 19.1 Å². The maximum atomic E-state index is 13.2. The molecule has 0 radical (unpaired) electrons. The predicted molar refractivity (Wildman–Crippen MR) is 59.0 cm³/mol. The number of benzene rings is 1. The molecule has 1 aromatic carbocycles. The summed E-state index contributed by atoms with van der Waals surface area (Å²) in [5.74, 6) is -1.10. The zero-order valence-electron chi connectivity index (χ0n) is 8.16. The van der Waals surface area contributed by atoms with E-state index in [1.54, 1.807) is 4.68 Å². The maximum absolute atomic E-state index is 13.2. The number of nitrogens with zero attached hydrogens (tertiary/aromatic N) is 2. The average Bonchev–Trinajstić information content (AvgIpc) is 2.43. The van der Waals surface area contributed by atoms with Gasteiger partial charge in [-0.25, -0.2) is 4.39 Å². The highest BCUT2D eigenvalue weighted by Gasteiger charge is 2.13. The molecule has 4 heteroatoms. The normalized spacial score (nSPS) is 13.4. The third-order valence-electron chi connectivity index (χ3n) is 2.30. The van der Waals surface area contributed by atoms with E-state index in [-0.39, 0.29) is 0 Å². The van der Waals surface area contributed by atoms with Gasteiger partial charge in [-0.1, -0.05) is 20.9 Å². The van der Waals surface area contributed by atoms with Gasteiger partial charge >= 0.3 is 0 Å². The molecule has 2 aromatic rings. The van der Waals surface area contributed by atoms with Crippen molar-refractivity contribution in [3.05, 3.63) is 29.5 Å². The molecule has 2 atom stereocenters. The largest absolute Gasteiger partial charge is 0.268 e. The van der Waals surface area contributed by atoms with E-state index in [1.165, 1.54) is 0 Å². The van der Waals surface area contributed by atoms with Crippen LogP contribution in [0.3, 0.4) is 0 Å². The van der Waals surface area contributed by atoms with E-state index in [1.807, 2.05) is 32.2 Å². The predicted octanol–water partition coefficient (Wildman–Crippen LogP) is 2.72. The van der Waals surface area contributed by atoms with Crippen LogP contribution in [-0.4, -0.2) is 9.78 Å². The van der Waals surface area contributed by atoms with Gasteiger partial charge in [0, 0.05) is 12.4 Å². The van der Waals surface area contributed by atoms with Crippen LogP contribution in [0.5, 0.6) is 0 Å². The Morgan fingerprint density at radius 1 is 1.50 bits per heavy atom. The number of rotatable bonds is 1. The highest BCUT2D eigenvalue weighted by atomic mass is 31.0. The van der Waals surface area contributed by atoms with Gasteiger partial charge in [0.25, 0.3) is 0 Å². The summed E-state index contributed by atoms with van der Waals surface area (Å²) >= 11 is 0. The minimum absolute atomic E-state index is 0.496. The molecule has 0 spiro atoms. The Hall–Kier alpha value is -0.950. The molecule has 14 heavy (non-hydrogen) atoms. The Kier molecular flexibility index (Phi) is 2.28. The molecule has 0 amide bonds. The van der Waals surface area contributed by atoms with Crippen LogP contribution in [0.15, 0.2) is 18.2 Å². The summed E-state index contributed by atoms with van der Waals surface area (Å²) in [7, 11) is 3.96. The summed E-state index contributed by atoms with van der Waals surface area (Å²) in [6.07, 6.45) is 0. The van der Waals surface area contributed by atoms with Crippen molar-refractivity contribution >= 4 is 20.1 Å². The second-order valence-electron chi connectivity index (χ2n) is 3.43. The number of aryl methyl sites for hydroxylation is 2. The molecule has 1 aromatic heterocycles. The van der Waals surface area contributed by atoms with Gasteiger partial charge in [0.1, 0.15) is 5.69 Å². The van der Waals surface area contributed by atoms with E-state index in [2.05, 4.69) is 14.3 Å². The summed E-state index contributed by atoms with van der Waals surface area (Å²) in [6.45, 7) is 1.99. The third kappa shape index (κ3) is 1.42. The Labute approximate surface area is 84.3 Å². The lowest BCUT2D eigenvalue weighted by atomic mass is 10.1. The van der Waals surface area contributed by atoms with E-state index in [0.717, 1.165) is 16.5 Å². The molecule has 2 rings (SSSR count). The summed E-state index contributed by atoms with van der Waals surface area (Å²) in [5, 5.41) is 5.05. The maximum Gasteiger partial charge on any atom is 0.157 e. The quantitative estimate of drug-likeness (QED) is 0.662. The summed E-state index contributed by atoms with van der Waals surface area (Å²) in [5.41, 5.74) is 2.59. The molecule has 2 nitrogen and oxygen atoms in total. The summed E-state index contributed by atoms with van der Waals surface area (Å²) in [4.78, 5) is 0. The van der Waals surface area contributed by atoms with Gasteiger partial charge in [-0.15, -0.1) is 0 Å². The van der Waals surface area contributed by atoms with Crippen molar-refractivity contribution in [2.24, 2.45) is 7.05 Å². The fourth-order valence-corrected chi connectivity index (χ4v) is 1.86. The standard InChI is InChI=1S/C10H12FN2P/c1-6-3-4-8-7(5-6)9(10(11)14)12-13(8)2/h3-5,10H,14H2,1-2H3. The Balaban J connectivity index is 2.79. The Bertz CT molecular complexity index is 476. The SMILES string of the molecule is Cc1ccc2c(c1)c(C(F)P)nn2C. The van der Waals surface area contributed by atoms with Crippen molar-refractivity contribution in [2.75, 3.05) is 0 Å². The molecule has 1 heterocycles. The second kappa shape index (κ2) is 3.32. The van der Waals surface area contributed by atoms with Crippen molar-refractivity contribution in [1.29, 1.82) is 0 Å². The number of fused-ring (bicyclic) bond motifs is 1. The number of alkyl halides is 1. The number of hydrogen-bond acceptors (Lipinski definition) is 1. The van der Waals surface area contributed by atoms with E-state index in [0.29, 0.717) is 5.69 Å². The first-order chi connectivity index (χ1) is 6.59. The monoisotopic (exact) mass is 210 g/mol. The van der Waals surface area contributed by atoms with Crippen LogP contribution in [0.25, 0.3) is 10.9 Å². The van der Waals surface area contributed by atoms with Crippen LogP contribution in [0.2, 0.25) is 0 Å². The molecule has 0 saturated carbocycles. The van der Waals surface area contributed by atoms with E-state index < -0.39 is 5.91 Å². The second-order valence-corrected chi connectivity index (χ2v) is 4.02. The lowest BCUT2D eigenvalue weighted by Crippen LogP contribution is -1.90. The van der Waals surface area contributed by atoms with Crippen LogP contribution >= 0.6 is 9.24 Å². The molecule has 0 saturated heterocycles. The molecule has 0 aliphatic rings. The van der Waals surface area contributed by atoms with Crippen molar-refractivity contribution in [2.45, 2.75) is 12.8 Å². The molecule has 0 fully saturated rings. The van der Waals surface area contributed by atoms with Gasteiger partial charge in [0.15, 0.2) is 5.91 Å². The Morgan fingerprint density at radius 2 is 2.21 bits per heavy atom. The van der Waals surface area contributed by atoms with Gasteiger partial charge < -0.3 is 0 Å². The molecule has 0 aliphatic heterocycles. The first kappa shape index (κ1) is 9.60. The minimum atomic E-state index is -1.10. The summed E-state index contributed by atoms with van der Waals surface area (Å²) in [6, 6.07) is 5.94. The lowest BCUT2D eigenvalue weighted by Gasteiger charge is -1.97. The van der Waals surface area contributed by atoms with Crippen LogP contribution in [0.4, 0.5) is 4.39 Å². The van der Waals surface area contributed by atoms with Crippen molar-refractivity contribution in [1.82, 2.24) is 9.78 Å². The van der Waals surface area contributed by atoms with E-state index >= 15 is 0 Å². The zero-order valence-corrected chi connectivity index (χ0v) is 9.31. The van der Waals surface area contributed by atoms with E-state index in [9.17, 15) is 4.39 Å². The first-order valence-electron chi connectivity index (χ1n) is 4.42. The first-order valence-corrected chi connectivity index (χ1v) is 5.09. The van der Waals surface area contributed by atoms with E-state index in [4.69, 9.17) is 0 Å². The average molecular weight is 210 g/mol. The number of halogens is 1. The van der Waals surface area contributed by atoms with Crippen molar-refractivity contribution < 1.29 is 4.39 Å². The lowest BCUT2D eigenvalue weighted by molar-refractivity contribution is 0.457. The Morgan fingerprint density at radius 3 is 2.86 bits per heavy atom. The smallest absolute Gasteiger partial charge is 0.157 e. The van der Waals surface area contributed by atoms with Crippen LogP contribution in [0.1, 0.15) is 17.2 Å². The van der Waals surface area contributed by atoms with Gasteiger partial charge in [-0.3, -0.25) is 4.68 Å². The van der Waals surface area contributed by atoms with Crippen molar-refractivity contribution in [3.63, 3.8) is 0 Å². The fraction of sp³-hybridized carbons (Fsp3) is 0.300. The van der Waals surface area contributed by atoms with Gasteiger partial charge in [0.05, 0.1) is 5.52 Å². The molecule has 0 N–H and O–H groups in total. The topological polar surface area (TPSA) is 17.8 Å². The van der Waals surface area contributed by atoms with Crippen molar-refractivity contribution in [3.8, 4) is 0 Å². The molecule has 0 aliphatic carbocycles. The van der Waals surface area contributed by atoms with Gasteiger partial charge in [-0.2, -0.15) is 5.10 Å². The highest BCUT2D eigenvalue weighted by molar-refractivity contribution is 7.16. The number of aromatic nitrogens is 2. The number of hydrogen-bond donors (Lipinski definition) is 0. The molecule has 2 unspecified atom stereocenters. The van der Waals surface area contributed by atoms with Crippen LogP contribution in [0, 0.1) is 6.92 Å². The van der Waals surface area contributed by atoms with Crippen LogP contribution in [-0.2, 0) is 7.05 Å². The third-order valence-corrected chi connectivity index (χ3v) is 2.61. The zero-order chi connectivity index (χ0) is 10.3. The molecular formula is C10H12FN2P. The minimum Gasteiger partial charge on any atom is -0.268 e. The molecule has 0 bridgehead atoms. The molecule has 74 valence electrons. The van der Waals surface area contributed by atoms with Gasteiger partial charge in [0.2, 0.25) is 0 Å². The molecular weight excluding hydrogens is 198 g/mol. The highest BCUT2D eigenvalue weighted by Crippen LogP contribution is 2.30.